The topological polar surface area (TPSA) is 63.5 Å². The molecule has 0 N–H and O–H groups in total. The first-order chi connectivity index (χ1) is 10.4. The summed E-state index contributed by atoms with van der Waals surface area (Å²) in [7, 11) is 1.42. The monoisotopic (exact) mass is 431 g/mol. The summed E-state index contributed by atoms with van der Waals surface area (Å²) in [5, 5.41) is 9.44. The third-order valence-corrected chi connectivity index (χ3v) is 4.83. The van der Waals surface area contributed by atoms with E-state index in [-0.39, 0.29) is 11.8 Å². The number of oxime groups is 1. The van der Waals surface area contributed by atoms with Crippen LogP contribution in [-0.2, 0) is 14.4 Å². The molecule has 1 unspecified atom stereocenters. The van der Waals surface area contributed by atoms with Crippen LogP contribution in [0.4, 0.5) is 5.69 Å². The Morgan fingerprint density at radius 3 is 2.59 bits per heavy atom. The molecule has 1 aliphatic heterocycles. The van der Waals surface area contributed by atoms with E-state index in [0.29, 0.717) is 18.0 Å². The van der Waals surface area contributed by atoms with Crippen LogP contribution >= 0.6 is 31.9 Å². The summed E-state index contributed by atoms with van der Waals surface area (Å²) in [6.07, 6.45) is 0. The number of hydrogen-bond acceptors (Lipinski definition) is 5. The van der Waals surface area contributed by atoms with Crippen molar-refractivity contribution in [3.63, 3.8) is 0 Å². The van der Waals surface area contributed by atoms with Crippen LogP contribution in [0.3, 0.4) is 0 Å². The van der Waals surface area contributed by atoms with E-state index in [4.69, 9.17) is 9.57 Å². The molecule has 1 atom stereocenters. The third kappa shape index (κ3) is 2.89. The van der Waals surface area contributed by atoms with Crippen LogP contribution in [-0.4, -0.2) is 35.6 Å². The standard InChI is InChI=1S/C14H15Br2N3O3/c1-4-22-12-14(16,9(2)18-21-3)13(20)19(17-12)11-7-5-10(15)6-8-11/h5-8H,4H2,1-3H3. The lowest BCUT2D eigenvalue weighted by molar-refractivity contribution is -0.117. The minimum atomic E-state index is -1.26. The van der Waals surface area contributed by atoms with E-state index in [0.717, 1.165) is 4.47 Å². The van der Waals surface area contributed by atoms with Crippen LogP contribution in [0.5, 0.6) is 0 Å². The number of carbonyl (C=O) groups excluding carboxylic acids is 1. The number of halogens is 2. The van der Waals surface area contributed by atoms with E-state index >= 15 is 0 Å². The summed E-state index contributed by atoms with van der Waals surface area (Å²) in [6.45, 7) is 3.88. The fourth-order valence-electron chi connectivity index (χ4n) is 1.97. The van der Waals surface area contributed by atoms with Gasteiger partial charge in [0.25, 0.3) is 5.91 Å². The number of nitrogens with zero attached hydrogens (tertiary/aromatic N) is 3. The maximum Gasteiger partial charge on any atom is 0.279 e. The smallest absolute Gasteiger partial charge is 0.279 e. The van der Waals surface area contributed by atoms with Gasteiger partial charge in [0.2, 0.25) is 10.2 Å². The molecule has 0 saturated carbocycles. The van der Waals surface area contributed by atoms with Crippen molar-refractivity contribution in [3.05, 3.63) is 28.7 Å². The number of hydrogen-bond donors (Lipinski definition) is 0. The zero-order chi connectivity index (χ0) is 16.3. The van der Waals surface area contributed by atoms with Crippen molar-refractivity contribution in [2.24, 2.45) is 10.3 Å². The molecule has 8 heteroatoms. The van der Waals surface area contributed by atoms with Crippen LogP contribution < -0.4 is 5.01 Å². The Labute approximate surface area is 145 Å². The minimum absolute atomic E-state index is 0.237. The summed E-state index contributed by atoms with van der Waals surface area (Å²) < 4.78 is 5.18. The van der Waals surface area contributed by atoms with E-state index in [9.17, 15) is 4.79 Å². The van der Waals surface area contributed by atoms with E-state index in [1.54, 1.807) is 19.1 Å². The normalized spacial score (nSPS) is 21.9. The molecule has 0 aliphatic carbocycles. The first-order valence-corrected chi connectivity index (χ1v) is 8.12. The Kier molecular flexibility index (Phi) is 5.23. The Morgan fingerprint density at radius 2 is 2.05 bits per heavy atom. The van der Waals surface area contributed by atoms with E-state index in [1.807, 2.05) is 19.1 Å². The molecule has 0 radical (unpaired) electrons. The lowest BCUT2D eigenvalue weighted by Gasteiger charge is -2.21. The van der Waals surface area contributed by atoms with Gasteiger partial charge in [0.05, 0.1) is 18.0 Å². The SMILES string of the molecule is CCOC1=NN(c2ccc(Br)cc2)C(=O)C1(Br)C(C)=NOC. The highest BCUT2D eigenvalue weighted by Gasteiger charge is 2.54. The molecule has 22 heavy (non-hydrogen) atoms. The molecule has 1 aromatic rings. The van der Waals surface area contributed by atoms with Crippen molar-refractivity contribution in [1.82, 2.24) is 0 Å². The van der Waals surface area contributed by atoms with Crippen molar-refractivity contribution >= 4 is 55.1 Å². The first kappa shape index (κ1) is 17.0. The van der Waals surface area contributed by atoms with E-state index < -0.39 is 4.32 Å². The van der Waals surface area contributed by atoms with Gasteiger partial charge in [0.15, 0.2) is 0 Å². The second-order valence-electron chi connectivity index (χ2n) is 4.45. The fraction of sp³-hybridized carbons (Fsp3) is 0.357. The number of rotatable bonds is 4. The quantitative estimate of drug-likeness (QED) is 0.416. The van der Waals surface area contributed by atoms with Gasteiger partial charge in [0, 0.05) is 4.47 Å². The van der Waals surface area contributed by atoms with Gasteiger partial charge < -0.3 is 9.57 Å². The highest BCUT2D eigenvalue weighted by Crippen LogP contribution is 2.35. The molecule has 1 aromatic carbocycles. The van der Waals surface area contributed by atoms with Crippen LogP contribution in [0.1, 0.15) is 13.8 Å². The van der Waals surface area contributed by atoms with Crippen molar-refractivity contribution in [2.45, 2.75) is 18.2 Å². The first-order valence-electron chi connectivity index (χ1n) is 6.54. The van der Waals surface area contributed by atoms with E-state index in [1.165, 1.54) is 12.1 Å². The molecule has 0 aromatic heterocycles. The average molecular weight is 433 g/mol. The fourth-order valence-corrected chi connectivity index (χ4v) is 2.67. The number of carbonyl (C=O) groups is 1. The molecule has 1 amide bonds. The minimum Gasteiger partial charge on any atom is -0.478 e. The van der Waals surface area contributed by atoms with Crippen LogP contribution in [0, 0.1) is 0 Å². The second-order valence-corrected chi connectivity index (χ2v) is 6.55. The van der Waals surface area contributed by atoms with Gasteiger partial charge in [-0.25, -0.2) is 0 Å². The van der Waals surface area contributed by atoms with Crippen LogP contribution in [0.15, 0.2) is 39.0 Å². The second kappa shape index (κ2) is 6.78. The zero-order valence-corrected chi connectivity index (χ0v) is 15.5. The molecule has 1 aliphatic rings. The highest BCUT2D eigenvalue weighted by atomic mass is 79.9. The molecular weight excluding hydrogens is 418 g/mol. The van der Waals surface area contributed by atoms with Crippen molar-refractivity contribution < 1.29 is 14.4 Å². The van der Waals surface area contributed by atoms with Crippen LogP contribution in [0.2, 0.25) is 0 Å². The summed E-state index contributed by atoms with van der Waals surface area (Å²) in [6, 6.07) is 7.25. The largest absolute Gasteiger partial charge is 0.478 e. The lowest BCUT2D eigenvalue weighted by Crippen LogP contribution is -2.47. The number of amides is 1. The Balaban J connectivity index is 2.46. The Hall–Kier alpha value is -1.41. The van der Waals surface area contributed by atoms with Crippen molar-refractivity contribution in [2.75, 3.05) is 18.7 Å². The summed E-state index contributed by atoms with van der Waals surface area (Å²) in [5.74, 6) is -0.0715. The number of ether oxygens (including phenoxy) is 1. The van der Waals surface area contributed by atoms with Crippen molar-refractivity contribution in [1.29, 1.82) is 0 Å². The number of anilines is 1. The molecule has 0 spiro atoms. The third-order valence-electron chi connectivity index (χ3n) is 3.05. The Bertz CT molecular complexity index is 631. The predicted molar refractivity (Wildman–Crippen MR) is 92.5 cm³/mol. The molecule has 2 rings (SSSR count). The van der Waals surface area contributed by atoms with Gasteiger partial charge in [-0.1, -0.05) is 37.0 Å². The van der Waals surface area contributed by atoms with Crippen molar-refractivity contribution in [3.8, 4) is 0 Å². The van der Waals surface area contributed by atoms with Gasteiger partial charge in [-0.2, -0.15) is 5.01 Å². The number of hydrazone groups is 1. The lowest BCUT2D eigenvalue weighted by atomic mass is 10.0. The molecule has 6 nitrogen and oxygen atoms in total. The average Bonchev–Trinajstić information content (AvgIpc) is 2.75. The molecular formula is C14H15Br2N3O3. The molecule has 1 heterocycles. The van der Waals surface area contributed by atoms with Crippen LogP contribution in [0.25, 0.3) is 0 Å². The maximum absolute atomic E-state index is 12.9. The predicted octanol–water partition coefficient (Wildman–Crippen LogP) is 3.30. The van der Waals surface area contributed by atoms with Gasteiger partial charge in [-0.15, -0.1) is 5.10 Å². The van der Waals surface area contributed by atoms with Gasteiger partial charge in [-0.3, -0.25) is 4.79 Å². The summed E-state index contributed by atoms with van der Waals surface area (Å²) in [5.41, 5.74) is 1.05. The molecule has 0 fully saturated rings. The summed E-state index contributed by atoms with van der Waals surface area (Å²) >= 11 is 6.79. The van der Waals surface area contributed by atoms with E-state index in [2.05, 4.69) is 42.1 Å². The van der Waals surface area contributed by atoms with Gasteiger partial charge >= 0.3 is 0 Å². The van der Waals surface area contributed by atoms with Gasteiger partial charge in [-0.05, 0) is 38.1 Å². The molecule has 118 valence electrons. The highest BCUT2D eigenvalue weighted by molar-refractivity contribution is 9.11. The molecule has 0 bridgehead atoms. The number of benzene rings is 1. The number of alkyl halides is 1. The Morgan fingerprint density at radius 1 is 1.41 bits per heavy atom. The maximum atomic E-state index is 12.9. The summed E-state index contributed by atoms with van der Waals surface area (Å²) in [4.78, 5) is 17.6. The molecule has 0 saturated heterocycles. The zero-order valence-electron chi connectivity index (χ0n) is 12.3. The van der Waals surface area contributed by atoms with Gasteiger partial charge in [0.1, 0.15) is 7.11 Å².